The number of hydrogen-bond donors (Lipinski definition) is 2. The number of anilines is 1. The zero-order valence-corrected chi connectivity index (χ0v) is 13.5. The van der Waals surface area contributed by atoms with Gasteiger partial charge < -0.3 is 16.0 Å². The van der Waals surface area contributed by atoms with Gasteiger partial charge in [0, 0.05) is 26.2 Å². The van der Waals surface area contributed by atoms with E-state index in [2.05, 4.69) is 15.2 Å². The van der Waals surface area contributed by atoms with Gasteiger partial charge in [0.15, 0.2) is 5.82 Å². The highest BCUT2D eigenvalue weighted by Gasteiger charge is 2.27. The highest BCUT2D eigenvalue weighted by molar-refractivity contribution is 5.80. The Balaban J connectivity index is 1.81. The molecule has 3 N–H and O–H groups in total. The van der Waals surface area contributed by atoms with Crippen LogP contribution in [-0.2, 0) is 4.79 Å². The van der Waals surface area contributed by atoms with Gasteiger partial charge in [0.2, 0.25) is 5.91 Å². The van der Waals surface area contributed by atoms with Crippen LogP contribution >= 0.6 is 0 Å². The number of carbonyl (C=O) groups excluding carboxylic acids is 1. The first-order valence-corrected chi connectivity index (χ1v) is 8.15. The van der Waals surface area contributed by atoms with Gasteiger partial charge in [0.25, 0.3) is 0 Å². The number of nitrogens with two attached hydrogens (primary N) is 1. The van der Waals surface area contributed by atoms with Crippen LogP contribution < -0.4 is 16.0 Å². The summed E-state index contributed by atoms with van der Waals surface area (Å²) >= 11 is 0. The Hall–Kier alpha value is -2.21. The number of aryl methyl sites for hydroxylation is 1. The largest absolute Gasteiger partial charge is 0.355 e. The van der Waals surface area contributed by atoms with Crippen LogP contribution in [0.2, 0.25) is 0 Å². The minimum Gasteiger partial charge on any atom is -0.355 e. The van der Waals surface area contributed by atoms with Gasteiger partial charge in [-0.3, -0.25) is 4.79 Å². The molecule has 1 unspecified atom stereocenters. The van der Waals surface area contributed by atoms with Crippen molar-refractivity contribution in [3.05, 3.63) is 30.0 Å². The summed E-state index contributed by atoms with van der Waals surface area (Å²) in [5.74, 6) is 0.967. The van der Waals surface area contributed by atoms with E-state index in [4.69, 9.17) is 10.7 Å². The lowest BCUT2D eigenvalue weighted by Gasteiger charge is -2.33. The number of benzene rings is 1. The molecule has 0 aliphatic carbocycles. The number of nitrogens with one attached hydrogen (secondary N) is 1. The third-order valence-electron chi connectivity index (χ3n) is 4.26. The number of piperidine rings is 1. The van der Waals surface area contributed by atoms with E-state index < -0.39 is 0 Å². The summed E-state index contributed by atoms with van der Waals surface area (Å²) in [6.45, 7) is 4.58. The minimum absolute atomic E-state index is 0.0111. The van der Waals surface area contributed by atoms with Gasteiger partial charge in [-0.15, -0.1) is 0 Å². The maximum Gasteiger partial charge on any atom is 0.224 e. The highest BCUT2D eigenvalue weighted by Crippen LogP contribution is 2.25. The predicted molar refractivity (Wildman–Crippen MR) is 91.3 cm³/mol. The molecular formula is C17H23N5O. The molecule has 1 aliphatic heterocycles. The molecule has 1 aliphatic rings. The van der Waals surface area contributed by atoms with Gasteiger partial charge in [0.1, 0.15) is 0 Å². The van der Waals surface area contributed by atoms with E-state index in [-0.39, 0.29) is 11.8 Å². The first-order chi connectivity index (χ1) is 11.2. The van der Waals surface area contributed by atoms with Gasteiger partial charge >= 0.3 is 0 Å². The van der Waals surface area contributed by atoms with Gasteiger partial charge in [-0.05, 0) is 31.9 Å². The quantitative estimate of drug-likeness (QED) is 0.887. The molecule has 1 amide bonds. The fourth-order valence-electron chi connectivity index (χ4n) is 3.10. The van der Waals surface area contributed by atoms with Crippen LogP contribution in [0, 0.1) is 12.8 Å². The van der Waals surface area contributed by atoms with Gasteiger partial charge in [-0.25, -0.2) is 9.97 Å². The number of carbonyl (C=O) groups is 1. The molecule has 122 valence electrons. The molecule has 1 saturated heterocycles. The van der Waals surface area contributed by atoms with Crippen LogP contribution in [0.25, 0.3) is 11.0 Å². The number of amides is 1. The lowest BCUT2D eigenvalue weighted by molar-refractivity contribution is -0.125. The smallest absolute Gasteiger partial charge is 0.224 e. The fraction of sp³-hybridized carbons (Fsp3) is 0.471. The molecule has 2 heterocycles. The highest BCUT2D eigenvalue weighted by atomic mass is 16.1. The molecule has 1 aromatic carbocycles. The molecule has 1 aromatic heterocycles. The van der Waals surface area contributed by atoms with Gasteiger partial charge in [-0.1, -0.05) is 12.1 Å². The number of nitrogens with zero attached hydrogens (tertiary/aromatic N) is 3. The van der Waals surface area contributed by atoms with Crippen molar-refractivity contribution in [1.82, 2.24) is 15.3 Å². The van der Waals surface area contributed by atoms with Crippen LogP contribution in [0.1, 0.15) is 18.5 Å². The zero-order valence-electron chi connectivity index (χ0n) is 13.5. The van der Waals surface area contributed by atoms with Crippen molar-refractivity contribution in [2.24, 2.45) is 11.7 Å². The Morgan fingerprint density at radius 1 is 1.35 bits per heavy atom. The summed E-state index contributed by atoms with van der Waals surface area (Å²) in [7, 11) is 0. The van der Waals surface area contributed by atoms with Crippen molar-refractivity contribution < 1.29 is 4.79 Å². The second-order valence-electron chi connectivity index (χ2n) is 5.99. The van der Waals surface area contributed by atoms with E-state index in [9.17, 15) is 4.79 Å². The van der Waals surface area contributed by atoms with Gasteiger partial charge in [0.05, 0.1) is 22.6 Å². The Labute approximate surface area is 136 Å². The monoisotopic (exact) mass is 313 g/mol. The van der Waals surface area contributed by atoms with Crippen LogP contribution in [0.3, 0.4) is 0 Å². The average molecular weight is 313 g/mol. The first-order valence-electron chi connectivity index (χ1n) is 8.15. The minimum atomic E-state index is -0.0111. The zero-order chi connectivity index (χ0) is 16.2. The van der Waals surface area contributed by atoms with E-state index in [0.29, 0.717) is 19.6 Å². The van der Waals surface area contributed by atoms with Crippen molar-refractivity contribution in [3.63, 3.8) is 0 Å². The van der Waals surface area contributed by atoms with Gasteiger partial charge in [-0.2, -0.15) is 0 Å². The van der Waals surface area contributed by atoms with Crippen molar-refractivity contribution in [1.29, 1.82) is 0 Å². The van der Waals surface area contributed by atoms with Crippen LogP contribution in [0.5, 0.6) is 0 Å². The molecule has 6 heteroatoms. The third-order valence-corrected chi connectivity index (χ3v) is 4.26. The van der Waals surface area contributed by atoms with Crippen LogP contribution in [0.15, 0.2) is 24.3 Å². The van der Waals surface area contributed by atoms with Crippen molar-refractivity contribution in [3.8, 4) is 0 Å². The Bertz CT molecular complexity index is 702. The third kappa shape index (κ3) is 3.42. The first kappa shape index (κ1) is 15.7. The van der Waals surface area contributed by atoms with E-state index in [1.165, 1.54) is 0 Å². The average Bonchev–Trinajstić information content (AvgIpc) is 2.59. The summed E-state index contributed by atoms with van der Waals surface area (Å²) < 4.78 is 0. The maximum absolute atomic E-state index is 12.2. The van der Waals surface area contributed by atoms with E-state index in [0.717, 1.165) is 41.9 Å². The standard InChI is InChI=1S/C17H23N5O/c1-12-16(21-15-7-3-2-6-14(15)20-12)22-10-4-5-13(11-22)17(23)19-9-8-18/h2-3,6-7,13H,4-5,8-11,18H2,1H3,(H,19,23). The van der Waals surface area contributed by atoms with Crippen molar-refractivity contribution in [2.45, 2.75) is 19.8 Å². The number of hydrogen-bond acceptors (Lipinski definition) is 5. The van der Waals surface area contributed by atoms with E-state index >= 15 is 0 Å². The van der Waals surface area contributed by atoms with Crippen molar-refractivity contribution in [2.75, 3.05) is 31.1 Å². The summed E-state index contributed by atoms with van der Waals surface area (Å²) in [5, 5.41) is 2.89. The molecule has 0 spiro atoms. The molecular weight excluding hydrogens is 290 g/mol. The van der Waals surface area contributed by atoms with E-state index in [1.54, 1.807) is 0 Å². The summed E-state index contributed by atoms with van der Waals surface area (Å²) in [4.78, 5) is 23.8. The molecule has 1 atom stereocenters. The topological polar surface area (TPSA) is 84.1 Å². The molecule has 1 fully saturated rings. The maximum atomic E-state index is 12.2. The summed E-state index contributed by atoms with van der Waals surface area (Å²) in [6, 6.07) is 7.88. The molecule has 2 aromatic rings. The molecule has 3 rings (SSSR count). The van der Waals surface area contributed by atoms with E-state index in [1.807, 2.05) is 31.2 Å². The number of para-hydroxylation sites is 2. The predicted octanol–water partition coefficient (Wildman–Crippen LogP) is 1.23. The SMILES string of the molecule is Cc1nc2ccccc2nc1N1CCCC(C(=O)NCCN)C1. The van der Waals surface area contributed by atoms with Crippen molar-refractivity contribution >= 4 is 22.8 Å². The molecule has 6 nitrogen and oxygen atoms in total. The van der Waals surface area contributed by atoms with Crippen LogP contribution in [-0.4, -0.2) is 42.1 Å². The molecule has 0 bridgehead atoms. The Kier molecular flexibility index (Phi) is 4.71. The lowest BCUT2D eigenvalue weighted by atomic mass is 9.97. The number of aromatic nitrogens is 2. The summed E-state index contributed by atoms with van der Waals surface area (Å²) in [5.41, 5.74) is 8.16. The second kappa shape index (κ2) is 6.91. The second-order valence-corrected chi connectivity index (χ2v) is 5.99. The lowest BCUT2D eigenvalue weighted by Crippen LogP contribution is -2.44. The fourth-order valence-corrected chi connectivity index (χ4v) is 3.10. The molecule has 0 radical (unpaired) electrons. The molecule has 23 heavy (non-hydrogen) atoms. The Morgan fingerprint density at radius 2 is 2.09 bits per heavy atom. The normalized spacial score (nSPS) is 18.2. The summed E-state index contributed by atoms with van der Waals surface area (Å²) in [6.07, 6.45) is 1.89. The number of fused-ring (bicyclic) bond motifs is 1. The molecule has 0 saturated carbocycles. The number of rotatable bonds is 4. The Morgan fingerprint density at radius 3 is 2.83 bits per heavy atom. The van der Waals surface area contributed by atoms with Crippen LogP contribution in [0.4, 0.5) is 5.82 Å².